The zero-order valence-electron chi connectivity index (χ0n) is 8.89. The molecule has 3 N–H and O–H groups in total. The summed E-state index contributed by atoms with van der Waals surface area (Å²) in [6.45, 7) is 0.770. The fourth-order valence-electron chi connectivity index (χ4n) is 2.07. The van der Waals surface area contributed by atoms with Crippen molar-refractivity contribution in [2.45, 2.75) is 44.3 Å². The van der Waals surface area contributed by atoms with Crippen LogP contribution in [-0.2, 0) is 6.54 Å². The lowest BCUT2D eigenvalue weighted by Crippen LogP contribution is -2.46. The lowest BCUT2D eigenvalue weighted by molar-refractivity contribution is 0.325. The van der Waals surface area contributed by atoms with Gasteiger partial charge in [-0.2, -0.15) is 0 Å². The van der Waals surface area contributed by atoms with E-state index in [1.165, 1.54) is 19.3 Å². The molecule has 1 heterocycles. The van der Waals surface area contributed by atoms with E-state index in [2.05, 4.69) is 15.3 Å². The van der Waals surface area contributed by atoms with E-state index in [4.69, 9.17) is 5.73 Å². The van der Waals surface area contributed by atoms with Gasteiger partial charge in [-0.25, -0.2) is 0 Å². The molecule has 0 aromatic carbocycles. The molecule has 1 fully saturated rings. The van der Waals surface area contributed by atoms with Gasteiger partial charge in [0.25, 0.3) is 0 Å². The van der Waals surface area contributed by atoms with Gasteiger partial charge in [0, 0.05) is 37.2 Å². The van der Waals surface area contributed by atoms with Crippen LogP contribution in [0.15, 0.2) is 18.6 Å². The van der Waals surface area contributed by atoms with Gasteiger partial charge in [0.1, 0.15) is 0 Å². The SMILES string of the molecule is N[C@@H]1CCCC[C@@H]1NCc1cnccn1. The molecule has 0 amide bonds. The van der Waals surface area contributed by atoms with Crippen molar-refractivity contribution in [3.63, 3.8) is 0 Å². The predicted octanol–water partition coefficient (Wildman–Crippen LogP) is 0.836. The number of aromatic nitrogens is 2. The highest BCUT2D eigenvalue weighted by Gasteiger charge is 2.20. The summed E-state index contributed by atoms with van der Waals surface area (Å²) in [5.74, 6) is 0. The molecular weight excluding hydrogens is 188 g/mol. The first kappa shape index (κ1) is 10.5. The lowest BCUT2D eigenvalue weighted by atomic mass is 9.91. The molecule has 1 aromatic rings. The van der Waals surface area contributed by atoms with Crippen molar-refractivity contribution >= 4 is 0 Å². The molecule has 4 heteroatoms. The van der Waals surface area contributed by atoms with E-state index in [1.807, 2.05) is 0 Å². The van der Waals surface area contributed by atoms with Gasteiger partial charge in [0.15, 0.2) is 0 Å². The van der Waals surface area contributed by atoms with Gasteiger partial charge in [0.05, 0.1) is 5.69 Å². The zero-order chi connectivity index (χ0) is 10.5. The summed E-state index contributed by atoms with van der Waals surface area (Å²) in [5, 5.41) is 3.46. The molecule has 4 nitrogen and oxygen atoms in total. The van der Waals surface area contributed by atoms with Gasteiger partial charge < -0.3 is 11.1 Å². The Balaban J connectivity index is 1.82. The molecule has 0 saturated heterocycles. The summed E-state index contributed by atoms with van der Waals surface area (Å²) in [6.07, 6.45) is 10.1. The zero-order valence-corrected chi connectivity index (χ0v) is 8.89. The predicted molar refractivity (Wildman–Crippen MR) is 59.1 cm³/mol. The summed E-state index contributed by atoms with van der Waals surface area (Å²) < 4.78 is 0. The Bertz CT molecular complexity index is 288. The Morgan fingerprint density at radius 1 is 1.33 bits per heavy atom. The van der Waals surface area contributed by atoms with E-state index >= 15 is 0 Å². The molecule has 0 spiro atoms. The third-order valence-electron chi connectivity index (χ3n) is 2.98. The Kier molecular flexibility index (Phi) is 3.64. The molecule has 1 aliphatic carbocycles. The van der Waals surface area contributed by atoms with E-state index < -0.39 is 0 Å². The molecule has 1 aromatic heterocycles. The van der Waals surface area contributed by atoms with Crippen molar-refractivity contribution in [2.24, 2.45) is 5.73 Å². The second kappa shape index (κ2) is 5.19. The second-order valence-electron chi connectivity index (χ2n) is 4.13. The molecule has 1 saturated carbocycles. The van der Waals surface area contributed by atoms with E-state index in [0.717, 1.165) is 18.7 Å². The quantitative estimate of drug-likeness (QED) is 0.769. The number of nitrogens with zero attached hydrogens (tertiary/aromatic N) is 2. The smallest absolute Gasteiger partial charge is 0.0724 e. The summed E-state index contributed by atoms with van der Waals surface area (Å²) in [4.78, 5) is 8.26. The molecule has 15 heavy (non-hydrogen) atoms. The van der Waals surface area contributed by atoms with Gasteiger partial charge in [-0.05, 0) is 12.8 Å². The van der Waals surface area contributed by atoms with E-state index in [0.29, 0.717) is 12.1 Å². The minimum Gasteiger partial charge on any atom is -0.326 e. The van der Waals surface area contributed by atoms with Crippen LogP contribution in [-0.4, -0.2) is 22.1 Å². The first-order valence-corrected chi connectivity index (χ1v) is 5.60. The third-order valence-corrected chi connectivity index (χ3v) is 2.98. The van der Waals surface area contributed by atoms with Crippen molar-refractivity contribution in [3.05, 3.63) is 24.3 Å². The topological polar surface area (TPSA) is 63.8 Å². The van der Waals surface area contributed by atoms with Crippen LogP contribution in [0, 0.1) is 0 Å². The minimum absolute atomic E-state index is 0.301. The van der Waals surface area contributed by atoms with Gasteiger partial charge in [-0.15, -0.1) is 0 Å². The molecule has 82 valence electrons. The standard InChI is InChI=1S/C11H18N4/c12-10-3-1-2-4-11(10)15-8-9-7-13-5-6-14-9/h5-7,10-11,15H,1-4,8,12H2/t10-,11+/m1/s1. The first-order valence-electron chi connectivity index (χ1n) is 5.60. The first-order chi connectivity index (χ1) is 7.36. The fraction of sp³-hybridized carbons (Fsp3) is 0.636. The average molecular weight is 206 g/mol. The number of hydrogen-bond donors (Lipinski definition) is 2. The van der Waals surface area contributed by atoms with Crippen molar-refractivity contribution in [1.29, 1.82) is 0 Å². The van der Waals surface area contributed by atoms with Crippen LogP contribution in [0.5, 0.6) is 0 Å². The number of nitrogens with one attached hydrogen (secondary N) is 1. The Hall–Kier alpha value is -1.00. The van der Waals surface area contributed by atoms with Crippen molar-refractivity contribution in [1.82, 2.24) is 15.3 Å². The third kappa shape index (κ3) is 2.97. The lowest BCUT2D eigenvalue weighted by Gasteiger charge is -2.29. The summed E-state index contributed by atoms with van der Waals surface area (Å²) >= 11 is 0. The largest absolute Gasteiger partial charge is 0.326 e. The number of nitrogens with two attached hydrogens (primary N) is 1. The molecule has 2 rings (SSSR count). The van der Waals surface area contributed by atoms with Crippen LogP contribution < -0.4 is 11.1 Å². The second-order valence-corrected chi connectivity index (χ2v) is 4.13. The van der Waals surface area contributed by atoms with Crippen LogP contribution >= 0.6 is 0 Å². The average Bonchev–Trinajstić information content (AvgIpc) is 2.29. The van der Waals surface area contributed by atoms with E-state index in [9.17, 15) is 0 Å². The summed E-state index contributed by atoms with van der Waals surface area (Å²) in [7, 11) is 0. The van der Waals surface area contributed by atoms with Gasteiger partial charge in [-0.1, -0.05) is 12.8 Å². The van der Waals surface area contributed by atoms with Crippen LogP contribution in [0.25, 0.3) is 0 Å². The Morgan fingerprint density at radius 2 is 2.20 bits per heavy atom. The summed E-state index contributed by atoms with van der Waals surface area (Å²) in [5.41, 5.74) is 7.03. The molecule has 0 unspecified atom stereocenters. The molecule has 0 aliphatic heterocycles. The van der Waals surface area contributed by atoms with Crippen molar-refractivity contribution in [3.8, 4) is 0 Å². The highest BCUT2D eigenvalue weighted by molar-refractivity contribution is 4.95. The van der Waals surface area contributed by atoms with Crippen molar-refractivity contribution < 1.29 is 0 Å². The molecule has 1 aliphatic rings. The van der Waals surface area contributed by atoms with Crippen molar-refractivity contribution in [2.75, 3.05) is 0 Å². The highest BCUT2D eigenvalue weighted by Crippen LogP contribution is 2.16. The maximum absolute atomic E-state index is 6.04. The van der Waals surface area contributed by atoms with E-state index in [1.54, 1.807) is 18.6 Å². The summed E-state index contributed by atoms with van der Waals surface area (Å²) in [6, 6.07) is 0.746. The number of hydrogen-bond acceptors (Lipinski definition) is 4. The number of rotatable bonds is 3. The van der Waals surface area contributed by atoms with Crippen LogP contribution in [0.1, 0.15) is 31.4 Å². The van der Waals surface area contributed by atoms with Crippen LogP contribution in [0.2, 0.25) is 0 Å². The molecule has 0 radical (unpaired) electrons. The van der Waals surface area contributed by atoms with Gasteiger partial charge in [0.2, 0.25) is 0 Å². The van der Waals surface area contributed by atoms with Gasteiger partial charge in [-0.3, -0.25) is 9.97 Å². The highest BCUT2D eigenvalue weighted by atomic mass is 15.0. The molecule has 0 bridgehead atoms. The van der Waals surface area contributed by atoms with Crippen LogP contribution in [0.3, 0.4) is 0 Å². The Labute approximate surface area is 90.3 Å². The maximum atomic E-state index is 6.04. The molecular formula is C11H18N4. The fourth-order valence-corrected chi connectivity index (χ4v) is 2.07. The normalized spacial score (nSPS) is 26.5. The molecule has 2 atom stereocenters. The Morgan fingerprint density at radius 3 is 2.93 bits per heavy atom. The maximum Gasteiger partial charge on any atom is 0.0724 e. The van der Waals surface area contributed by atoms with Crippen LogP contribution in [0.4, 0.5) is 0 Å². The van der Waals surface area contributed by atoms with Gasteiger partial charge >= 0.3 is 0 Å². The monoisotopic (exact) mass is 206 g/mol. The minimum atomic E-state index is 0.301. The van der Waals surface area contributed by atoms with E-state index in [-0.39, 0.29) is 0 Å².